The van der Waals surface area contributed by atoms with E-state index in [-0.39, 0.29) is 11.7 Å². The Morgan fingerprint density at radius 1 is 1.03 bits per heavy atom. The van der Waals surface area contributed by atoms with Crippen molar-refractivity contribution < 1.29 is 14.3 Å². The molecule has 3 aliphatic heterocycles. The average Bonchev–Trinajstić information content (AvgIpc) is 3.36. The molecule has 188 valence electrons. The molecule has 0 aliphatic carbocycles. The van der Waals surface area contributed by atoms with E-state index in [4.69, 9.17) is 20.2 Å². The van der Waals surface area contributed by atoms with Gasteiger partial charge in [-0.2, -0.15) is 0 Å². The molecule has 0 aromatic carbocycles. The molecule has 5 heterocycles. The van der Waals surface area contributed by atoms with Gasteiger partial charge >= 0.3 is 0 Å². The maximum atomic E-state index is 13.4. The zero-order chi connectivity index (χ0) is 24.2. The molecule has 3 fully saturated rings. The van der Waals surface area contributed by atoms with Crippen LogP contribution in [0.15, 0.2) is 11.2 Å². The molecular formula is C23H33N9O3. The number of piperidine rings is 1. The number of amides is 1. The van der Waals surface area contributed by atoms with Gasteiger partial charge in [-0.3, -0.25) is 14.7 Å². The Balaban J connectivity index is 1.40. The fourth-order valence-corrected chi connectivity index (χ4v) is 4.96. The van der Waals surface area contributed by atoms with Gasteiger partial charge < -0.3 is 30.0 Å². The SMILES string of the molecule is CN=CC(=CN)c1nc(N2CCOCC2)c2[nH]c(C(=O)N3CCC(N4CCOCC4)CC3)nc2n1. The number of carbonyl (C=O) groups is 1. The summed E-state index contributed by atoms with van der Waals surface area (Å²) in [6.45, 7) is 7.51. The van der Waals surface area contributed by atoms with Crippen LogP contribution in [0, 0.1) is 0 Å². The second-order valence-electron chi connectivity index (χ2n) is 8.94. The predicted molar refractivity (Wildman–Crippen MR) is 133 cm³/mol. The minimum atomic E-state index is -0.109. The molecule has 5 rings (SSSR count). The summed E-state index contributed by atoms with van der Waals surface area (Å²) in [6, 6.07) is 0.502. The fourth-order valence-electron chi connectivity index (χ4n) is 4.96. The topological polar surface area (TPSA) is 138 Å². The van der Waals surface area contributed by atoms with E-state index < -0.39 is 0 Å². The first kappa shape index (κ1) is 23.6. The summed E-state index contributed by atoms with van der Waals surface area (Å²) in [5.74, 6) is 1.29. The number of imidazole rings is 1. The van der Waals surface area contributed by atoms with E-state index in [1.54, 1.807) is 13.3 Å². The summed E-state index contributed by atoms with van der Waals surface area (Å²) in [5.41, 5.74) is 7.48. The number of H-pyrrole nitrogens is 1. The van der Waals surface area contributed by atoms with Crippen LogP contribution in [-0.2, 0) is 9.47 Å². The van der Waals surface area contributed by atoms with Crippen molar-refractivity contribution in [1.82, 2.24) is 29.7 Å². The van der Waals surface area contributed by atoms with E-state index in [9.17, 15) is 4.79 Å². The van der Waals surface area contributed by atoms with Gasteiger partial charge in [0.1, 0.15) is 5.52 Å². The summed E-state index contributed by atoms with van der Waals surface area (Å²) in [7, 11) is 1.67. The highest BCUT2D eigenvalue weighted by molar-refractivity contribution is 6.08. The number of anilines is 1. The quantitative estimate of drug-likeness (QED) is 0.568. The van der Waals surface area contributed by atoms with Crippen LogP contribution in [0.25, 0.3) is 16.7 Å². The first-order valence-corrected chi connectivity index (χ1v) is 12.2. The Morgan fingerprint density at radius 2 is 1.71 bits per heavy atom. The molecule has 2 aromatic heterocycles. The van der Waals surface area contributed by atoms with E-state index >= 15 is 0 Å². The second kappa shape index (κ2) is 10.7. The number of nitrogens with two attached hydrogens (primary N) is 1. The van der Waals surface area contributed by atoms with Crippen LogP contribution in [-0.4, -0.2) is 121 Å². The largest absolute Gasteiger partial charge is 0.404 e. The van der Waals surface area contributed by atoms with Crippen LogP contribution in [0.4, 0.5) is 5.82 Å². The normalized spacial score (nSPS) is 21.3. The minimum Gasteiger partial charge on any atom is -0.404 e. The van der Waals surface area contributed by atoms with E-state index in [0.717, 1.165) is 39.1 Å². The van der Waals surface area contributed by atoms with E-state index in [1.165, 1.54) is 6.20 Å². The molecule has 12 heteroatoms. The molecule has 1 amide bonds. The number of hydrogen-bond donors (Lipinski definition) is 2. The lowest BCUT2D eigenvalue weighted by Gasteiger charge is -2.39. The highest BCUT2D eigenvalue weighted by Gasteiger charge is 2.30. The van der Waals surface area contributed by atoms with Crippen molar-refractivity contribution >= 4 is 34.7 Å². The van der Waals surface area contributed by atoms with Crippen molar-refractivity contribution in [2.45, 2.75) is 18.9 Å². The number of fused-ring (bicyclic) bond motifs is 1. The number of likely N-dealkylation sites (tertiary alicyclic amines) is 1. The van der Waals surface area contributed by atoms with E-state index in [0.29, 0.717) is 73.8 Å². The van der Waals surface area contributed by atoms with Crippen molar-refractivity contribution in [3.63, 3.8) is 0 Å². The minimum absolute atomic E-state index is 0.109. The van der Waals surface area contributed by atoms with Gasteiger partial charge in [0.2, 0.25) is 0 Å². The molecule has 0 atom stereocenters. The van der Waals surface area contributed by atoms with Gasteiger partial charge in [-0.1, -0.05) is 0 Å². The molecule has 0 spiro atoms. The summed E-state index contributed by atoms with van der Waals surface area (Å²) in [5, 5.41) is 0. The van der Waals surface area contributed by atoms with Crippen molar-refractivity contribution in [1.29, 1.82) is 0 Å². The molecule has 0 saturated carbocycles. The lowest BCUT2D eigenvalue weighted by Crippen LogP contribution is -2.50. The number of allylic oxidation sites excluding steroid dienone is 1. The first-order chi connectivity index (χ1) is 17.2. The van der Waals surface area contributed by atoms with Crippen LogP contribution in [0.2, 0.25) is 0 Å². The Labute approximate surface area is 204 Å². The Hall–Kier alpha value is -3.09. The molecule has 12 nitrogen and oxygen atoms in total. The number of rotatable bonds is 5. The molecule has 3 saturated heterocycles. The lowest BCUT2D eigenvalue weighted by molar-refractivity contribution is 0.00147. The van der Waals surface area contributed by atoms with E-state index in [2.05, 4.69) is 29.7 Å². The highest BCUT2D eigenvalue weighted by Crippen LogP contribution is 2.26. The zero-order valence-electron chi connectivity index (χ0n) is 20.1. The number of aromatic amines is 1. The number of aliphatic imine (C=N–C) groups is 1. The van der Waals surface area contributed by atoms with Gasteiger partial charge in [-0.05, 0) is 12.8 Å². The molecule has 0 bridgehead atoms. The van der Waals surface area contributed by atoms with Crippen LogP contribution in [0.3, 0.4) is 0 Å². The number of nitrogens with zero attached hydrogens (tertiary/aromatic N) is 7. The van der Waals surface area contributed by atoms with Gasteiger partial charge in [0.25, 0.3) is 5.91 Å². The van der Waals surface area contributed by atoms with E-state index in [1.807, 2.05) is 4.90 Å². The number of nitrogens with one attached hydrogen (secondary N) is 1. The smallest absolute Gasteiger partial charge is 0.289 e. The van der Waals surface area contributed by atoms with Gasteiger partial charge in [-0.15, -0.1) is 0 Å². The molecule has 3 aliphatic rings. The molecule has 35 heavy (non-hydrogen) atoms. The number of ether oxygens (including phenoxy) is 2. The Kier molecular flexibility index (Phi) is 7.21. The Morgan fingerprint density at radius 3 is 2.37 bits per heavy atom. The Bertz CT molecular complexity index is 1100. The summed E-state index contributed by atoms with van der Waals surface area (Å²) in [6.07, 6.45) is 4.95. The van der Waals surface area contributed by atoms with Crippen LogP contribution < -0.4 is 10.6 Å². The molecule has 3 N–H and O–H groups in total. The van der Waals surface area contributed by atoms with Gasteiger partial charge in [0.05, 0.1) is 32.0 Å². The summed E-state index contributed by atoms with van der Waals surface area (Å²) < 4.78 is 11.0. The first-order valence-electron chi connectivity index (χ1n) is 12.2. The zero-order valence-corrected chi connectivity index (χ0v) is 20.1. The maximum absolute atomic E-state index is 13.4. The van der Waals surface area contributed by atoms with Crippen molar-refractivity contribution in [2.75, 3.05) is 77.6 Å². The highest BCUT2D eigenvalue weighted by atomic mass is 16.5. The summed E-state index contributed by atoms with van der Waals surface area (Å²) in [4.78, 5) is 41.1. The fraction of sp³-hybridized carbons (Fsp3) is 0.609. The summed E-state index contributed by atoms with van der Waals surface area (Å²) >= 11 is 0. The maximum Gasteiger partial charge on any atom is 0.289 e. The molecule has 2 aromatic rings. The third kappa shape index (κ3) is 5.00. The second-order valence-corrected chi connectivity index (χ2v) is 8.94. The number of hydrogen-bond acceptors (Lipinski definition) is 10. The molecule has 0 unspecified atom stereocenters. The number of carbonyl (C=O) groups excluding carboxylic acids is 1. The van der Waals surface area contributed by atoms with Crippen molar-refractivity contribution in [2.24, 2.45) is 10.7 Å². The predicted octanol–water partition coefficient (Wildman–Crippen LogP) is 0.127. The van der Waals surface area contributed by atoms with Gasteiger partial charge in [0.15, 0.2) is 23.1 Å². The van der Waals surface area contributed by atoms with Gasteiger partial charge in [-0.25, -0.2) is 15.0 Å². The number of aromatic nitrogens is 4. The lowest BCUT2D eigenvalue weighted by atomic mass is 10.0. The van der Waals surface area contributed by atoms with Crippen molar-refractivity contribution in [3.05, 3.63) is 17.8 Å². The van der Waals surface area contributed by atoms with Crippen LogP contribution in [0.5, 0.6) is 0 Å². The van der Waals surface area contributed by atoms with Gasteiger partial charge in [0, 0.05) is 64.8 Å². The van der Waals surface area contributed by atoms with Crippen molar-refractivity contribution in [3.8, 4) is 0 Å². The standard InChI is InChI=1S/C23H33N9O3/c1-25-15-16(14-24)19-27-20-18(22(29-19)31-8-12-35-13-9-31)26-21(28-20)23(33)32-4-2-17(3-5-32)30-6-10-34-11-7-30/h14-15,17H,2-13,24H2,1H3,(H,26,27,28,29). The molecule has 0 radical (unpaired) electrons. The van der Waals surface area contributed by atoms with Crippen LogP contribution >= 0.6 is 0 Å². The monoisotopic (exact) mass is 483 g/mol. The van der Waals surface area contributed by atoms with Crippen LogP contribution in [0.1, 0.15) is 29.3 Å². The average molecular weight is 484 g/mol. The third-order valence-electron chi connectivity index (χ3n) is 6.86. The third-order valence-corrected chi connectivity index (χ3v) is 6.86. The number of morpholine rings is 2. The molecular weight excluding hydrogens is 450 g/mol.